The third kappa shape index (κ3) is 1.49. The van der Waals surface area contributed by atoms with Crippen LogP contribution in [0.1, 0.15) is 30.0 Å². The monoisotopic (exact) mass is 290 g/mol. The second-order valence-electron chi connectivity index (χ2n) is 5.26. The van der Waals surface area contributed by atoms with Gasteiger partial charge >= 0.3 is 0 Å². The van der Waals surface area contributed by atoms with E-state index in [-0.39, 0.29) is 0 Å². The van der Waals surface area contributed by atoms with Gasteiger partial charge < -0.3 is 4.98 Å². The average Bonchev–Trinajstić information content (AvgIpc) is 2.51. The first-order valence-corrected chi connectivity index (χ1v) is 7.13. The molecule has 2 aromatic rings. The van der Waals surface area contributed by atoms with Crippen LogP contribution in [0.4, 0.5) is 0 Å². The van der Waals surface area contributed by atoms with Crippen LogP contribution in [0.25, 0.3) is 10.9 Å². The second-order valence-corrected chi connectivity index (χ2v) is 6.17. The minimum absolute atomic E-state index is 0.759. The Morgan fingerprint density at radius 3 is 2.88 bits per heavy atom. The number of rotatable bonds is 0. The Labute approximate surface area is 109 Å². The number of nitrogens with zero attached hydrogens (tertiary/aromatic N) is 1. The van der Waals surface area contributed by atoms with Gasteiger partial charge in [0.15, 0.2) is 0 Å². The highest BCUT2D eigenvalue weighted by Gasteiger charge is 2.30. The summed E-state index contributed by atoms with van der Waals surface area (Å²) in [6, 6.07) is 6.57. The number of piperidine rings is 1. The molecule has 4 heterocycles. The maximum atomic E-state index is 3.66. The second kappa shape index (κ2) is 3.59. The predicted octanol–water partition coefficient (Wildman–Crippen LogP) is 3.62. The summed E-state index contributed by atoms with van der Waals surface area (Å²) in [7, 11) is 0. The standard InChI is InChI=1S/C14H15BrN2/c15-10-1-2-13-11(7-10)12-8-17-5-3-9(4-6-17)14(12)16-13/h1-2,7,9,16H,3-6,8H2. The van der Waals surface area contributed by atoms with E-state index in [9.17, 15) is 0 Å². The number of hydrogen-bond donors (Lipinski definition) is 1. The molecule has 0 aliphatic carbocycles. The largest absolute Gasteiger partial charge is 0.358 e. The number of halogens is 1. The van der Waals surface area contributed by atoms with Gasteiger partial charge in [-0.05, 0) is 49.7 Å². The first kappa shape index (κ1) is 10.2. The maximum absolute atomic E-state index is 3.66. The van der Waals surface area contributed by atoms with Crippen LogP contribution in [-0.2, 0) is 6.54 Å². The normalized spacial score (nSPS) is 27.1. The first-order chi connectivity index (χ1) is 8.31. The van der Waals surface area contributed by atoms with E-state index >= 15 is 0 Å². The van der Waals surface area contributed by atoms with E-state index in [4.69, 9.17) is 0 Å². The smallest absolute Gasteiger partial charge is 0.0460 e. The molecular weight excluding hydrogens is 276 g/mol. The van der Waals surface area contributed by atoms with Crippen LogP contribution in [0.2, 0.25) is 0 Å². The summed E-state index contributed by atoms with van der Waals surface area (Å²) in [5.41, 5.74) is 4.35. The molecule has 5 rings (SSSR count). The summed E-state index contributed by atoms with van der Waals surface area (Å²) in [6.07, 6.45) is 2.64. The molecule has 0 atom stereocenters. The van der Waals surface area contributed by atoms with Crippen LogP contribution in [0.15, 0.2) is 22.7 Å². The summed E-state index contributed by atoms with van der Waals surface area (Å²) in [6.45, 7) is 3.66. The molecule has 3 aliphatic heterocycles. The molecule has 88 valence electrons. The third-order valence-electron chi connectivity index (χ3n) is 4.28. The van der Waals surface area contributed by atoms with Crippen molar-refractivity contribution in [3.63, 3.8) is 0 Å². The molecule has 0 spiro atoms. The number of nitrogens with one attached hydrogen (secondary N) is 1. The molecule has 1 aromatic carbocycles. The van der Waals surface area contributed by atoms with E-state index in [0.29, 0.717) is 0 Å². The molecule has 2 bridgehead atoms. The van der Waals surface area contributed by atoms with Gasteiger partial charge in [0.2, 0.25) is 0 Å². The van der Waals surface area contributed by atoms with Gasteiger partial charge in [-0.2, -0.15) is 0 Å². The Hall–Kier alpha value is -0.800. The Morgan fingerprint density at radius 2 is 2.06 bits per heavy atom. The van der Waals surface area contributed by atoms with Crippen LogP contribution in [0, 0.1) is 0 Å². The van der Waals surface area contributed by atoms with Crippen molar-refractivity contribution in [2.75, 3.05) is 13.1 Å². The summed E-state index contributed by atoms with van der Waals surface area (Å²) < 4.78 is 1.18. The lowest BCUT2D eigenvalue weighted by Crippen LogP contribution is -2.28. The van der Waals surface area contributed by atoms with Gasteiger partial charge in [-0.25, -0.2) is 0 Å². The molecule has 1 aromatic heterocycles. The average molecular weight is 291 g/mol. The van der Waals surface area contributed by atoms with Crippen LogP contribution < -0.4 is 0 Å². The zero-order valence-corrected chi connectivity index (χ0v) is 11.3. The van der Waals surface area contributed by atoms with Crippen LogP contribution in [0.3, 0.4) is 0 Å². The van der Waals surface area contributed by atoms with Crippen molar-refractivity contribution in [2.45, 2.75) is 25.3 Å². The fourth-order valence-electron chi connectivity index (χ4n) is 3.36. The highest BCUT2D eigenvalue weighted by atomic mass is 79.9. The lowest BCUT2D eigenvalue weighted by atomic mass is 9.94. The number of hydrogen-bond acceptors (Lipinski definition) is 1. The number of H-pyrrole nitrogens is 1. The quantitative estimate of drug-likeness (QED) is 0.785. The van der Waals surface area contributed by atoms with Crippen molar-refractivity contribution in [1.29, 1.82) is 0 Å². The van der Waals surface area contributed by atoms with Crippen molar-refractivity contribution >= 4 is 26.8 Å². The van der Waals surface area contributed by atoms with Crippen molar-refractivity contribution in [3.05, 3.63) is 33.9 Å². The van der Waals surface area contributed by atoms with E-state index in [1.54, 1.807) is 5.56 Å². The van der Waals surface area contributed by atoms with Crippen LogP contribution >= 0.6 is 15.9 Å². The molecule has 3 aliphatic rings. The maximum Gasteiger partial charge on any atom is 0.0460 e. The van der Waals surface area contributed by atoms with E-state index in [1.165, 1.54) is 47.0 Å². The van der Waals surface area contributed by atoms with Crippen LogP contribution in [-0.4, -0.2) is 23.0 Å². The SMILES string of the molecule is Brc1ccc2[nH]c3c(c2c1)CN1CCC3CC1. The van der Waals surface area contributed by atoms with Gasteiger partial charge in [-0.1, -0.05) is 15.9 Å². The Morgan fingerprint density at radius 1 is 1.24 bits per heavy atom. The zero-order chi connectivity index (χ0) is 11.4. The predicted molar refractivity (Wildman–Crippen MR) is 73.3 cm³/mol. The molecule has 2 nitrogen and oxygen atoms in total. The number of fused-ring (bicyclic) bond motifs is 3. The molecule has 1 saturated heterocycles. The van der Waals surface area contributed by atoms with E-state index in [1.807, 2.05) is 0 Å². The molecule has 3 heteroatoms. The zero-order valence-electron chi connectivity index (χ0n) is 9.67. The molecule has 1 N–H and O–H groups in total. The van der Waals surface area contributed by atoms with Gasteiger partial charge in [-0.15, -0.1) is 0 Å². The minimum Gasteiger partial charge on any atom is -0.358 e. The first-order valence-electron chi connectivity index (χ1n) is 6.33. The molecule has 17 heavy (non-hydrogen) atoms. The highest BCUT2D eigenvalue weighted by molar-refractivity contribution is 9.10. The molecule has 0 amide bonds. The Kier molecular flexibility index (Phi) is 2.15. The fraction of sp³-hybridized carbons (Fsp3) is 0.429. The van der Waals surface area contributed by atoms with Gasteiger partial charge in [0.25, 0.3) is 0 Å². The van der Waals surface area contributed by atoms with Crippen molar-refractivity contribution in [2.24, 2.45) is 0 Å². The van der Waals surface area contributed by atoms with Gasteiger partial charge in [0, 0.05) is 33.5 Å². The van der Waals surface area contributed by atoms with Crippen molar-refractivity contribution < 1.29 is 0 Å². The summed E-state index contributed by atoms with van der Waals surface area (Å²) in [5, 5.41) is 1.41. The molecular formula is C14H15BrN2. The van der Waals surface area contributed by atoms with Gasteiger partial charge in [-0.3, -0.25) is 4.90 Å². The summed E-state index contributed by atoms with van der Waals surface area (Å²) in [5.74, 6) is 0.759. The lowest BCUT2D eigenvalue weighted by Gasteiger charge is -2.26. The van der Waals surface area contributed by atoms with Crippen molar-refractivity contribution in [1.82, 2.24) is 9.88 Å². The number of benzene rings is 1. The fourth-order valence-corrected chi connectivity index (χ4v) is 3.72. The minimum atomic E-state index is 0.759. The third-order valence-corrected chi connectivity index (χ3v) is 4.77. The number of aromatic amines is 1. The lowest BCUT2D eigenvalue weighted by molar-refractivity contribution is 0.220. The molecule has 0 radical (unpaired) electrons. The summed E-state index contributed by atoms with van der Waals surface area (Å²) >= 11 is 3.58. The summed E-state index contributed by atoms with van der Waals surface area (Å²) in [4.78, 5) is 6.26. The van der Waals surface area contributed by atoms with E-state index in [2.05, 4.69) is 44.0 Å². The molecule has 0 unspecified atom stereocenters. The number of aromatic nitrogens is 1. The van der Waals surface area contributed by atoms with Gasteiger partial charge in [0.05, 0.1) is 0 Å². The van der Waals surface area contributed by atoms with Crippen molar-refractivity contribution in [3.8, 4) is 0 Å². The Bertz CT molecular complexity index is 579. The Balaban J connectivity index is 1.99. The topological polar surface area (TPSA) is 19.0 Å². The van der Waals surface area contributed by atoms with E-state index < -0.39 is 0 Å². The van der Waals surface area contributed by atoms with E-state index in [0.717, 1.165) is 12.5 Å². The highest BCUT2D eigenvalue weighted by Crippen LogP contribution is 2.39. The molecule has 0 saturated carbocycles. The van der Waals surface area contributed by atoms with Crippen LogP contribution in [0.5, 0.6) is 0 Å². The molecule has 1 fully saturated rings. The van der Waals surface area contributed by atoms with Gasteiger partial charge in [0.1, 0.15) is 0 Å².